The first-order valence-corrected chi connectivity index (χ1v) is 7.05. The first kappa shape index (κ1) is 13.7. The molecule has 0 bridgehead atoms. The van der Waals surface area contributed by atoms with Gasteiger partial charge in [-0.25, -0.2) is 4.79 Å². The Balaban J connectivity index is 1.77. The van der Waals surface area contributed by atoms with Crippen LogP contribution >= 0.6 is 0 Å². The smallest absolute Gasteiger partial charge is 0.410 e. The fourth-order valence-electron chi connectivity index (χ4n) is 2.75. The number of amides is 1. The molecule has 2 aliphatic rings. The van der Waals surface area contributed by atoms with Gasteiger partial charge in [0.15, 0.2) is 0 Å². The standard InChI is InChI=1S/C14H25NO3/c1-14(2,3)18-13(16)15-8-6-11(7-9-15)12-5-4-10-17-12/h11-12H,4-10H2,1-3H3/t12-/m0/s1. The number of rotatable bonds is 1. The number of carbonyl (C=O) groups excluding carboxylic acids is 1. The molecule has 2 saturated heterocycles. The molecule has 4 nitrogen and oxygen atoms in total. The van der Waals surface area contributed by atoms with Gasteiger partial charge in [-0.15, -0.1) is 0 Å². The Hall–Kier alpha value is -0.770. The molecule has 104 valence electrons. The second kappa shape index (κ2) is 5.47. The molecule has 0 aliphatic carbocycles. The molecule has 2 rings (SSSR count). The average Bonchev–Trinajstić information content (AvgIpc) is 2.80. The number of carbonyl (C=O) groups is 1. The highest BCUT2D eigenvalue weighted by Gasteiger charge is 2.32. The van der Waals surface area contributed by atoms with Gasteiger partial charge in [0.2, 0.25) is 0 Å². The second-order valence-electron chi connectivity index (χ2n) is 6.36. The average molecular weight is 255 g/mol. The molecule has 1 amide bonds. The lowest BCUT2D eigenvalue weighted by molar-refractivity contribution is 0.00245. The molecule has 0 unspecified atom stereocenters. The number of hydrogen-bond acceptors (Lipinski definition) is 3. The number of likely N-dealkylation sites (tertiary alicyclic amines) is 1. The van der Waals surface area contributed by atoms with E-state index in [-0.39, 0.29) is 6.09 Å². The lowest BCUT2D eigenvalue weighted by Crippen LogP contribution is -2.43. The van der Waals surface area contributed by atoms with E-state index in [9.17, 15) is 4.79 Å². The van der Waals surface area contributed by atoms with Crippen molar-refractivity contribution in [1.82, 2.24) is 4.90 Å². The zero-order chi connectivity index (χ0) is 13.2. The second-order valence-corrected chi connectivity index (χ2v) is 6.36. The minimum atomic E-state index is -0.400. The minimum absolute atomic E-state index is 0.173. The highest BCUT2D eigenvalue weighted by Crippen LogP contribution is 2.29. The van der Waals surface area contributed by atoms with Crippen molar-refractivity contribution in [3.63, 3.8) is 0 Å². The van der Waals surface area contributed by atoms with Crippen molar-refractivity contribution in [2.24, 2.45) is 5.92 Å². The van der Waals surface area contributed by atoms with Crippen LogP contribution in [0.5, 0.6) is 0 Å². The van der Waals surface area contributed by atoms with E-state index in [2.05, 4.69) is 0 Å². The zero-order valence-corrected chi connectivity index (χ0v) is 11.8. The molecule has 18 heavy (non-hydrogen) atoms. The van der Waals surface area contributed by atoms with Gasteiger partial charge < -0.3 is 14.4 Å². The summed E-state index contributed by atoms with van der Waals surface area (Å²) in [4.78, 5) is 13.7. The molecule has 0 N–H and O–H groups in total. The van der Waals surface area contributed by atoms with Gasteiger partial charge in [0.05, 0.1) is 6.10 Å². The van der Waals surface area contributed by atoms with Crippen LogP contribution in [0.4, 0.5) is 4.79 Å². The summed E-state index contributed by atoms with van der Waals surface area (Å²) in [6.07, 6.45) is 4.74. The first-order valence-electron chi connectivity index (χ1n) is 7.05. The Bertz CT molecular complexity index is 284. The van der Waals surface area contributed by atoms with E-state index in [4.69, 9.17) is 9.47 Å². The molecule has 0 aromatic heterocycles. The van der Waals surface area contributed by atoms with Gasteiger partial charge in [-0.1, -0.05) is 0 Å². The lowest BCUT2D eigenvalue weighted by atomic mass is 9.90. The molecule has 2 fully saturated rings. The highest BCUT2D eigenvalue weighted by atomic mass is 16.6. The van der Waals surface area contributed by atoms with Crippen molar-refractivity contribution >= 4 is 6.09 Å². The monoisotopic (exact) mass is 255 g/mol. The van der Waals surface area contributed by atoms with Crippen LogP contribution in [0.25, 0.3) is 0 Å². The molecular weight excluding hydrogens is 230 g/mol. The summed E-state index contributed by atoms with van der Waals surface area (Å²) in [6, 6.07) is 0. The Morgan fingerprint density at radius 3 is 2.39 bits per heavy atom. The van der Waals surface area contributed by atoms with E-state index in [1.165, 1.54) is 12.8 Å². The third kappa shape index (κ3) is 3.61. The summed E-state index contributed by atoms with van der Waals surface area (Å²) in [6.45, 7) is 8.24. The predicted octanol–water partition coefficient (Wildman–Crippen LogP) is 2.81. The Morgan fingerprint density at radius 1 is 1.22 bits per heavy atom. The molecule has 4 heteroatoms. The highest BCUT2D eigenvalue weighted by molar-refractivity contribution is 5.68. The van der Waals surface area contributed by atoms with Gasteiger partial charge in [0, 0.05) is 19.7 Å². The third-order valence-electron chi connectivity index (χ3n) is 3.68. The van der Waals surface area contributed by atoms with E-state index < -0.39 is 5.60 Å². The SMILES string of the molecule is CC(C)(C)OC(=O)N1CCC([C@@H]2CCCO2)CC1. The van der Waals surface area contributed by atoms with Crippen LogP contribution in [0.2, 0.25) is 0 Å². The number of hydrogen-bond donors (Lipinski definition) is 0. The van der Waals surface area contributed by atoms with Crippen molar-refractivity contribution in [1.29, 1.82) is 0 Å². The zero-order valence-electron chi connectivity index (χ0n) is 11.8. The number of nitrogens with zero attached hydrogens (tertiary/aromatic N) is 1. The largest absolute Gasteiger partial charge is 0.444 e. The van der Waals surface area contributed by atoms with Crippen LogP contribution in [0.15, 0.2) is 0 Å². The maximum Gasteiger partial charge on any atom is 0.410 e. The van der Waals surface area contributed by atoms with Crippen LogP contribution in [0.3, 0.4) is 0 Å². The quantitative estimate of drug-likeness (QED) is 0.723. The normalized spacial score (nSPS) is 26.4. The van der Waals surface area contributed by atoms with Gasteiger partial charge in [0.1, 0.15) is 5.60 Å². The van der Waals surface area contributed by atoms with Crippen molar-refractivity contribution in [3.05, 3.63) is 0 Å². The van der Waals surface area contributed by atoms with Gasteiger partial charge in [-0.3, -0.25) is 0 Å². The summed E-state index contributed by atoms with van der Waals surface area (Å²) >= 11 is 0. The summed E-state index contributed by atoms with van der Waals surface area (Å²) in [5.41, 5.74) is -0.400. The van der Waals surface area contributed by atoms with E-state index in [1.807, 2.05) is 25.7 Å². The van der Waals surface area contributed by atoms with E-state index in [0.717, 1.165) is 32.5 Å². The minimum Gasteiger partial charge on any atom is -0.444 e. The predicted molar refractivity (Wildman–Crippen MR) is 69.5 cm³/mol. The number of ether oxygens (including phenoxy) is 2. The fraction of sp³-hybridized carbons (Fsp3) is 0.929. The summed E-state index contributed by atoms with van der Waals surface area (Å²) in [7, 11) is 0. The lowest BCUT2D eigenvalue weighted by Gasteiger charge is -2.35. The summed E-state index contributed by atoms with van der Waals surface area (Å²) < 4.78 is 11.1. The molecule has 0 aromatic rings. The van der Waals surface area contributed by atoms with E-state index >= 15 is 0 Å². The molecule has 0 radical (unpaired) electrons. The molecule has 0 aromatic carbocycles. The van der Waals surface area contributed by atoms with Crippen LogP contribution in [-0.2, 0) is 9.47 Å². The fourth-order valence-corrected chi connectivity index (χ4v) is 2.75. The third-order valence-corrected chi connectivity index (χ3v) is 3.68. The maximum atomic E-state index is 11.9. The van der Waals surface area contributed by atoms with Crippen molar-refractivity contribution in [2.45, 2.75) is 58.2 Å². The van der Waals surface area contributed by atoms with Gasteiger partial charge in [-0.2, -0.15) is 0 Å². The van der Waals surface area contributed by atoms with Crippen molar-refractivity contribution in [3.8, 4) is 0 Å². The van der Waals surface area contributed by atoms with Crippen LogP contribution in [-0.4, -0.2) is 42.4 Å². The van der Waals surface area contributed by atoms with Gasteiger partial charge >= 0.3 is 6.09 Å². The van der Waals surface area contributed by atoms with Crippen LogP contribution in [0, 0.1) is 5.92 Å². The maximum absolute atomic E-state index is 11.9. The van der Waals surface area contributed by atoms with E-state index in [0.29, 0.717) is 12.0 Å². The van der Waals surface area contributed by atoms with Crippen LogP contribution < -0.4 is 0 Å². The Morgan fingerprint density at radius 2 is 1.89 bits per heavy atom. The summed E-state index contributed by atoms with van der Waals surface area (Å²) in [5.74, 6) is 0.631. The van der Waals surface area contributed by atoms with Gasteiger partial charge in [-0.05, 0) is 52.4 Å². The molecule has 0 spiro atoms. The molecule has 2 aliphatic heterocycles. The number of piperidine rings is 1. The molecule has 1 atom stereocenters. The Kier molecular flexibility index (Phi) is 4.15. The molecule has 0 saturated carbocycles. The van der Waals surface area contributed by atoms with Crippen LogP contribution in [0.1, 0.15) is 46.5 Å². The van der Waals surface area contributed by atoms with Crippen molar-refractivity contribution in [2.75, 3.05) is 19.7 Å². The molecular formula is C14H25NO3. The van der Waals surface area contributed by atoms with Crippen molar-refractivity contribution < 1.29 is 14.3 Å². The van der Waals surface area contributed by atoms with E-state index in [1.54, 1.807) is 0 Å². The first-order chi connectivity index (χ1) is 8.46. The molecule has 2 heterocycles. The van der Waals surface area contributed by atoms with Gasteiger partial charge in [0.25, 0.3) is 0 Å². The Labute approximate surface area is 110 Å². The topological polar surface area (TPSA) is 38.8 Å². The summed E-state index contributed by atoms with van der Waals surface area (Å²) in [5, 5.41) is 0.